The molecule has 6 atom stereocenters. The topological polar surface area (TPSA) is 86.7 Å². The number of esters is 2. The Hall–Kier alpha value is -2.50. The second-order valence-corrected chi connectivity index (χ2v) is 15.7. The molecule has 5 saturated carbocycles. The lowest BCUT2D eigenvalue weighted by Crippen LogP contribution is -2.47. The highest BCUT2D eigenvalue weighted by Crippen LogP contribution is 2.61. The zero-order valence-electron chi connectivity index (χ0n) is 26.4. The van der Waals surface area contributed by atoms with Crippen LogP contribution < -0.4 is 0 Å². The molecule has 0 aromatic carbocycles. The third-order valence-electron chi connectivity index (χ3n) is 12.6. The molecular weight excluding hydrogens is 540 g/mol. The number of carbonyl (C=O) groups excluding carboxylic acids is 4. The first-order valence-electron chi connectivity index (χ1n) is 17.0. The van der Waals surface area contributed by atoms with Crippen molar-refractivity contribution in [2.45, 2.75) is 97.8 Å². The molecule has 6 nitrogen and oxygen atoms in total. The summed E-state index contributed by atoms with van der Waals surface area (Å²) in [7, 11) is 0. The summed E-state index contributed by atoms with van der Waals surface area (Å²) < 4.78 is 11.0. The number of allylic oxidation sites excluding steroid dienone is 5. The molecule has 0 aromatic heterocycles. The van der Waals surface area contributed by atoms with Gasteiger partial charge in [-0.25, -0.2) is 4.79 Å². The molecule has 7 rings (SSSR count). The lowest BCUT2D eigenvalue weighted by Gasteiger charge is -2.56. The normalized spacial score (nSPS) is 41.5. The highest BCUT2D eigenvalue weighted by Gasteiger charge is 2.52. The van der Waals surface area contributed by atoms with Gasteiger partial charge in [-0.15, -0.1) is 0 Å². The molecule has 0 aliphatic heterocycles. The van der Waals surface area contributed by atoms with Crippen molar-refractivity contribution in [1.82, 2.24) is 0 Å². The maximum Gasteiger partial charge on any atom is 0.330 e. The van der Waals surface area contributed by atoms with Crippen LogP contribution in [-0.4, -0.2) is 37.2 Å². The van der Waals surface area contributed by atoms with E-state index in [-0.39, 0.29) is 52.9 Å². The van der Waals surface area contributed by atoms with Crippen LogP contribution in [0.25, 0.3) is 0 Å². The van der Waals surface area contributed by atoms with E-state index in [4.69, 9.17) is 9.47 Å². The minimum Gasteiger partial charge on any atom is -0.466 e. The van der Waals surface area contributed by atoms with Gasteiger partial charge in [0.15, 0.2) is 5.78 Å². The van der Waals surface area contributed by atoms with Crippen LogP contribution in [0.4, 0.5) is 0 Å². The summed E-state index contributed by atoms with van der Waals surface area (Å²) in [4.78, 5) is 49.8. The molecular formula is C37H50O6. The van der Waals surface area contributed by atoms with Gasteiger partial charge >= 0.3 is 11.9 Å². The zero-order valence-corrected chi connectivity index (χ0v) is 26.4. The summed E-state index contributed by atoms with van der Waals surface area (Å²) in [5, 5.41) is 0. The van der Waals surface area contributed by atoms with Crippen LogP contribution in [0.5, 0.6) is 0 Å². The Bertz CT molecular complexity index is 1190. The number of carbonyl (C=O) groups is 4. The summed E-state index contributed by atoms with van der Waals surface area (Å²) >= 11 is 0. The van der Waals surface area contributed by atoms with Crippen LogP contribution in [0.15, 0.2) is 35.5 Å². The lowest BCUT2D eigenvalue weighted by atomic mass is 9.49. The fourth-order valence-corrected chi connectivity index (χ4v) is 11.0. The number of hydrogen-bond donors (Lipinski definition) is 0. The summed E-state index contributed by atoms with van der Waals surface area (Å²) in [6.45, 7) is 7.08. The van der Waals surface area contributed by atoms with E-state index in [0.717, 1.165) is 55.3 Å². The van der Waals surface area contributed by atoms with E-state index in [1.807, 2.05) is 19.1 Å². The largest absolute Gasteiger partial charge is 0.466 e. The SMILES string of the molecule is CC1=CC(=O)[C@H]2/C(C=O)=C\C[C@H]3[C@@H]([C@@H](C)/C=C/C(=O)OCCCOC(=O)CC45CC6CC(CC(C6)C4)C5)CC[C@]3(C)C[C@H]12. The summed E-state index contributed by atoms with van der Waals surface area (Å²) in [5.41, 5.74) is 2.02. The highest BCUT2D eigenvalue weighted by atomic mass is 16.5. The molecule has 5 fully saturated rings. The Morgan fingerprint density at radius 3 is 2.40 bits per heavy atom. The summed E-state index contributed by atoms with van der Waals surface area (Å²) in [5.74, 6) is 2.86. The molecule has 234 valence electrons. The number of fused-ring (bicyclic) bond motifs is 2. The molecule has 0 spiro atoms. The minimum atomic E-state index is -0.360. The van der Waals surface area contributed by atoms with Crippen molar-refractivity contribution in [2.75, 3.05) is 13.2 Å². The molecule has 0 N–H and O–H groups in total. The number of aldehydes is 1. The van der Waals surface area contributed by atoms with Gasteiger partial charge < -0.3 is 9.47 Å². The van der Waals surface area contributed by atoms with Gasteiger partial charge in [-0.05, 0) is 135 Å². The van der Waals surface area contributed by atoms with E-state index in [2.05, 4.69) is 13.8 Å². The molecule has 0 heterocycles. The van der Waals surface area contributed by atoms with Crippen molar-refractivity contribution in [3.05, 3.63) is 35.5 Å². The van der Waals surface area contributed by atoms with E-state index >= 15 is 0 Å². The van der Waals surface area contributed by atoms with E-state index < -0.39 is 0 Å². The zero-order chi connectivity index (χ0) is 30.4. The predicted octanol–water partition coefficient (Wildman–Crippen LogP) is 6.97. The van der Waals surface area contributed by atoms with Crippen molar-refractivity contribution in [1.29, 1.82) is 0 Å². The van der Waals surface area contributed by atoms with Crippen molar-refractivity contribution >= 4 is 24.0 Å². The monoisotopic (exact) mass is 590 g/mol. The first kappa shape index (κ1) is 30.5. The van der Waals surface area contributed by atoms with Gasteiger partial charge in [0.2, 0.25) is 0 Å². The van der Waals surface area contributed by atoms with Crippen molar-refractivity contribution in [3.8, 4) is 0 Å². The van der Waals surface area contributed by atoms with Gasteiger partial charge in [-0.1, -0.05) is 31.6 Å². The Morgan fingerprint density at radius 1 is 1.05 bits per heavy atom. The van der Waals surface area contributed by atoms with Gasteiger partial charge in [0.25, 0.3) is 0 Å². The molecule has 0 unspecified atom stereocenters. The second kappa shape index (κ2) is 12.1. The van der Waals surface area contributed by atoms with Crippen molar-refractivity contribution in [3.63, 3.8) is 0 Å². The molecule has 6 heteroatoms. The quantitative estimate of drug-likeness (QED) is 0.118. The van der Waals surface area contributed by atoms with Crippen LogP contribution in [0.3, 0.4) is 0 Å². The van der Waals surface area contributed by atoms with Gasteiger partial charge in [-0.3, -0.25) is 14.4 Å². The molecule has 0 saturated heterocycles. The van der Waals surface area contributed by atoms with Crippen LogP contribution in [-0.2, 0) is 28.7 Å². The first-order chi connectivity index (χ1) is 20.6. The standard InChI is InChI=1S/C37H50O6/c1-23(29-9-10-36(3)20-30-24(2)13-32(39)35(30)28(22-38)6-7-31(29)36)5-8-33(40)42-11-4-12-43-34(41)21-37-17-25-14-26(18-37)16-27(15-25)19-37/h5-6,8,13,22-23,25-27,29-31,35H,4,7,9-12,14-21H2,1-3H3/b8-5+,28-6-/t23-,25?,26?,27?,29+,30+,31-,35-,36+,37?/m0/s1. The predicted molar refractivity (Wildman–Crippen MR) is 164 cm³/mol. The van der Waals surface area contributed by atoms with Crippen molar-refractivity contribution in [2.24, 2.45) is 58.2 Å². The molecule has 0 radical (unpaired) electrons. The lowest BCUT2D eigenvalue weighted by molar-refractivity contribution is -0.152. The molecule has 43 heavy (non-hydrogen) atoms. The Kier molecular flexibility index (Phi) is 8.60. The van der Waals surface area contributed by atoms with Crippen LogP contribution in [0, 0.1) is 58.2 Å². The van der Waals surface area contributed by atoms with Crippen LogP contribution in [0.2, 0.25) is 0 Å². The fourth-order valence-electron chi connectivity index (χ4n) is 11.0. The molecule has 0 aromatic rings. The second-order valence-electron chi connectivity index (χ2n) is 15.7. The van der Waals surface area contributed by atoms with E-state index in [9.17, 15) is 19.2 Å². The highest BCUT2D eigenvalue weighted by molar-refractivity contribution is 6.01. The van der Waals surface area contributed by atoms with Crippen LogP contribution >= 0.6 is 0 Å². The Balaban J connectivity index is 0.946. The number of rotatable bonds is 10. The average molecular weight is 591 g/mol. The fraction of sp³-hybridized carbons (Fsp3) is 0.730. The number of hydrogen-bond acceptors (Lipinski definition) is 6. The molecule has 7 aliphatic carbocycles. The first-order valence-corrected chi connectivity index (χ1v) is 17.0. The number of ketones is 1. The van der Waals surface area contributed by atoms with Gasteiger partial charge in [0.05, 0.1) is 25.6 Å². The minimum absolute atomic E-state index is 0.0722. The third kappa shape index (κ3) is 6.22. The van der Waals surface area contributed by atoms with Gasteiger partial charge in [0, 0.05) is 12.5 Å². The van der Waals surface area contributed by atoms with Gasteiger partial charge in [0.1, 0.15) is 6.29 Å². The molecule has 0 amide bonds. The summed E-state index contributed by atoms with van der Waals surface area (Å²) in [6, 6.07) is 0. The summed E-state index contributed by atoms with van der Waals surface area (Å²) in [6.07, 6.45) is 20.8. The van der Waals surface area contributed by atoms with E-state index in [1.165, 1.54) is 38.5 Å². The van der Waals surface area contributed by atoms with Gasteiger partial charge in [-0.2, -0.15) is 0 Å². The molecule has 7 aliphatic rings. The number of ether oxygens (including phenoxy) is 2. The average Bonchev–Trinajstić information content (AvgIpc) is 3.39. The Morgan fingerprint density at radius 2 is 1.72 bits per heavy atom. The van der Waals surface area contributed by atoms with E-state index in [0.29, 0.717) is 36.9 Å². The maximum absolute atomic E-state index is 12.7. The smallest absolute Gasteiger partial charge is 0.330 e. The van der Waals surface area contributed by atoms with Crippen LogP contribution in [0.1, 0.15) is 97.8 Å². The maximum atomic E-state index is 12.7. The third-order valence-corrected chi connectivity index (χ3v) is 12.6. The Labute approximate surface area is 257 Å². The molecule has 4 bridgehead atoms. The van der Waals surface area contributed by atoms with Crippen molar-refractivity contribution < 1.29 is 28.7 Å². The van der Waals surface area contributed by atoms with E-state index in [1.54, 1.807) is 12.2 Å².